The smallest absolute Gasteiger partial charge is 0.390 e. The van der Waals surface area contributed by atoms with E-state index < -0.39 is 48.9 Å². The fourth-order valence-corrected chi connectivity index (χ4v) is 5.69. The number of phosphoric acid groups is 2. The topological polar surface area (TPSA) is 261 Å². The van der Waals surface area contributed by atoms with Crippen molar-refractivity contribution in [1.29, 1.82) is 0 Å². The van der Waals surface area contributed by atoms with E-state index in [4.69, 9.17) is 30.9 Å². The molecule has 34 heavy (non-hydrogen) atoms. The van der Waals surface area contributed by atoms with Gasteiger partial charge in [-0.1, -0.05) is 11.8 Å². The summed E-state index contributed by atoms with van der Waals surface area (Å²) in [5, 5.41) is 18.9. The first-order chi connectivity index (χ1) is 16.0. The van der Waals surface area contributed by atoms with Gasteiger partial charge in [0, 0.05) is 17.2 Å². The van der Waals surface area contributed by atoms with Crippen LogP contribution in [0.4, 0.5) is 5.82 Å². The standard InChI is InChI=1S/C14H18N5O12P3/c15-3-1-2-8-5-19(14-12(8)13(16)17-7-18-14)11-4-9(20)10(28-11)6-27-32(22)30-34(25,26)31-33(23,24)29-21/h5,7,9-11,20H,3-4,6,15H2,(H4-,16,17,18,21,23,24,25,26)/p+1/t9-,10+,11+/m0/s1. The monoisotopic (exact) mass is 542 g/mol. The Labute approximate surface area is 191 Å². The molecule has 20 heteroatoms. The van der Waals surface area contributed by atoms with Crippen LogP contribution < -0.4 is 11.5 Å². The fourth-order valence-electron chi connectivity index (χ4n) is 3.01. The lowest BCUT2D eigenvalue weighted by Crippen LogP contribution is -2.25. The van der Waals surface area contributed by atoms with Crippen LogP contribution in [0.2, 0.25) is 0 Å². The molecule has 1 aliphatic heterocycles. The van der Waals surface area contributed by atoms with Crippen LogP contribution in [-0.4, -0.2) is 60.0 Å². The van der Waals surface area contributed by atoms with Crippen molar-refractivity contribution in [2.24, 2.45) is 5.73 Å². The molecule has 2 aromatic rings. The number of nitrogen functional groups attached to an aromatic ring is 1. The van der Waals surface area contributed by atoms with Crippen molar-refractivity contribution in [3.8, 4) is 11.8 Å². The van der Waals surface area contributed by atoms with Gasteiger partial charge in [0.25, 0.3) is 0 Å². The number of ether oxygens (including phenoxy) is 1. The van der Waals surface area contributed by atoms with Crippen LogP contribution >= 0.6 is 23.9 Å². The van der Waals surface area contributed by atoms with Crippen molar-refractivity contribution in [3.63, 3.8) is 0 Å². The number of aromatic nitrogens is 3. The van der Waals surface area contributed by atoms with Crippen LogP contribution in [-0.2, 0) is 36.3 Å². The largest absolute Gasteiger partial charge is 0.708 e. The molecule has 17 nitrogen and oxygen atoms in total. The van der Waals surface area contributed by atoms with Gasteiger partial charge in [0.2, 0.25) is 0 Å². The second kappa shape index (κ2) is 10.8. The summed E-state index contributed by atoms with van der Waals surface area (Å²) < 4.78 is 57.0. The van der Waals surface area contributed by atoms with Gasteiger partial charge >= 0.3 is 23.9 Å². The Kier molecular flexibility index (Phi) is 8.51. The first kappa shape index (κ1) is 26.7. The molecular weight excluding hydrogens is 523 g/mol. The van der Waals surface area contributed by atoms with Gasteiger partial charge in [0.05, 0.1) is 23.6 Å². The lowest BCUT2D eigenvalue weighted by Gasteiger charge is -2.14. The molecule has 6 atom stereocenters. The average molecular weight is 542 g/mol. The van der Waals surface area contributed by atoms with E-state index in [-0.39, 0.29) is 18.8 Å². The molecule has 1 saturated heterocycles. The Bertz CT molecular complexity index is 1230. The Morgan fingerprint density at radius 2 is 2.06 bits per heavy atom. The predicted octanol–water partition coefficient (Wildman–Crippen LogP) is 0.370. The Morgan fingerprint density at radius 3 is 2.74 bits per heavy atom. The number of aliphatic hydroxyl groups excluding tert-OH is 1. The predicted molar refractivity (Wildman–Crippen MR) is 111 cm³/mol. The van der Waals surface area contributed by atoms with Gasteiger partial charge in [-0.3, -0.25) is 4.89 Å². The summed E-state index contributed by atoms with van der Waals surface area (Å²) in [7, 11) is -14.2. The van der Waals surface area contributed by atoms with Gasteiger partial charge in [-0.25, -0.2) is 24.4 Å². The van der Waals surface area contributed by atoms with Gasteiger partial charge in [-0.05, 0) is 4.31 Å². The van der Waals surface area contributed by atoms with Crippen LogP contribution in [0.5, 0.6) is 0 Å². The Morgan fingerprint density at radius 1 is 1.32 bits per heavy atom. The number of anilines is 1. The highest BCUT2D eigenvalue weighted by Crippen LogP contribution is 2.63. The molecule has 3 heterocycles. The second-order valence-electron chi connectivity index (χ2n) is 6.55. The summed E-state index contributed by atoms with van der Waals surface area (Å²) in [4.78, 5) is 26.2. The van der Waals surface area contributed by atoms with E-state index in [9.17, 15) is 23.7 Å². The first-order valence-electron chi connectivity index (χ1n) is 9.09. The SMILES string of the molecule is NCC#Cc1cn([C@H]2C[C@H](O)[C@@H](CO[P+](=O)OP(=O)(O)OP(=O)(O)OO)O2)c2ncnc(N)c12. The number of aliphatic hydroxyl groups is 1. The maximum atomic E-state index is 11.8. The molecule has 1 aliphatic rings. The number of rotatable bonds is 9. The molecule has 8 N–H and O–H groups in total. The molecule has 2 aromatic heterocycles. The van der Waals surface area contributed by atoms with Crippen molar-refractivity contribution in [2.75, 3.05) is 18.9 Å². The van der Waals surface area contributed by atoms with Crippen LogP contribution in [0.3, 0.4) is 0 Å². The van der Waals surface area contributed by atoms with E-state index in [0.717, 1.165) is 0 Å². The van der Waals surface area contributed by atoms with Crippen LogP contribution in [0.25, 0.3) is 11.0 Å². The highest BCUT2D eigenvalue weighted by Gasteiger charge is 2.46. The van der Waals surface area contributed by atoms with E-state index in [1.165, 1.54) is 6.33 Å². The molecular formula is C14H19N5O12P3+. The summed E-state index contributed by atoms with van der Waals surface area (Å²) in [5.41, 5.74) is 12.2. The van der Waals surface area contributed by atoms with Gasteiger partial charge in [-0.2, -0.15) is 4.31 Å². The summed E-state index contributed by atoms with van der Waals surface area (Å²) in [5.74, 6) is 5.73. The number of hydrogen-bond acceptors (Lipinski definition) is 14. The molecule has 0 aliphatic carbocycles. The molecule has 0 radical (unpaired) electrons. The van der Waals surface area contributed by atoms with Gasteiger partial charge < -0.3 is 30.8 Å². The molecule has 3 unspecified atom stereocenters. The molecule has 0 saturated carbocycles. The third-order valence-corrected chi connectivity index (χ3v) is 7.88. The van der Waals surface area contributed by atoms with Gasteiger partial charge in [0.15, 0.2) is 0 Å². The molecule has 3 rings (SSSR count). The molecule has 0 amide bonds. The lowest BCUT2D eigenvalue weighted by molar-refractivity contribution is -0.157. The zero-order valence-electron chi connectivity index (χ0n) is 16.9. The number of nitrogens with zero attached hydrogens (tertiary/aromatic N) is 3. The lowest BCUT2D eigenvalue weighted by atomic mass is 10.2. The van der Waals surface area contributed by atoms with Crippen molar-refractivity contribution in [3.05, 3.63) is 18.1 Å². The number of nitrogens with two attached hydrogens (primary N) is 2. The normalized spacial score (nSPS) is 24.3. The summed E-state index contributed by atoms with van der Waals surface area (Å²) in [6, 6.07) is 0. The van der Waals surface area contributed by atoms with E-state index in [1.54, 1.807) is 10.8 Å². The maximum Gasteiger partial charge on any atom is 0.708 e. The van der Waals surface area contributed by atoms with Crippen molar-refractivity contribution < 1.29 is 56.4 Å². The molecule has 0 bridgehead atoms. The van der Waals surface area contributed by atoms with Gasteiger partial charge in [0.1, 0.15) is 36.7 Å². The Hall–Kier alpha value is -1.86. The summed E-state index contributed by atoms with van der Waals surface area (Å²) in [6.07, 6.45) is -0.0792. The maximum absolute atomic E-state index is 11.8. The third kappa shape index (κ3) is 6.42. The molecule has 0 aromatic carbocycles. The number of hydrogen-bond donors (Lipinski definition) is 6. The van der Waals surface area contributed by atoms with Crippen molar-refractivity contribution >= 4 is 40.8 Å². The minimum absolute atomic E-state index is 0.0479. The highest BCUT2D eigenvalue weighted by atomic mass is 31.3. The molecule has 1 fully saturated rings. The van der Waals surface area contributed by atoms with Crippen LogP contribution in [0, 0.1) is 11.8 Å². The van der Waals surface area contributed by atoms with E-state index in [2.05, 4.69) is 35.1 Å². The number of fused-ring (bicyclic) bond motifs is 1. The minimum Gasteiger partial charge on any atom is -0.390 e. The van der Waals surface area contributed by atoms with E-state index >= 15 is 0 Å². The fraction of sp³-hybridized carbons (Fsp3) is 0.429. The van der Waals surface area contributed by atoms with Gasteiger partial charge in [-0.15, -0.1) is 9.20 Å². The average Bonchev–Trinajstić information content (AvgIpc) is 3.30. The van der Waals surface area contributed by atoms with Crippen LogP contribution in [0.15, 0.2) is 12.5 Å². The zero-order valence-corrected chi connectivity index (χ0v) is 19.6. The van der Waals surface area contributed by atoms with E-state index in [0.29, 0.717) is 16.6 Å². The van der Waals surface area contributed by atoms with Crippen LogP contribution in [0.1, 0.15) is 18.2 Å². The van der Waals surface area contributed by atoms with E-state index in [1.807, 2.05) is 0 Å². The highest BCUT2D eigenvalue weighted by molar-refractivity contribution is 7.64. The summed E-state index contributed by atoms with van der Waals surface area (Å²) >= 11 is 0. The summed E-state index contributed by atoms with van der Waals surface area (Å²) in [6.45, 7) is -0.469. The van der Waals surface area contributed by atoms with Crippen molar-refractivity contribution in [2.45, 2.75) is 24.9 Å². The quantitative estimate of drug-likeness (QED) is 0.108. The van der Waals surface area contributed by atoms with Crippen molar-refractivity contribution in [1.82, 2.24) is 14.5 Å². The minimum atomic E-state index is -5.42. The first-order valence-corrected chi connectivity index (χ1v) is 13.2. The zero-order chi connectivity index (χ0) is 25.1. The third-order valence-electron chi connectivity index (χ3n) is 4.30. The molecule has 0 spiro atoms. The molecule has 186 valence electrons. The second-order valence-corrected chi connectivity index (χ2v) is 10.6. The Balaban J connectivity index is 1.68.